The summed E-state index contributed by atoms with van der Waals surface area (Å²) in [6.07, 6.45) is 9.61. The molecule has 0 amide bonds. The number of aryl methyl sites for hydroxylation is 1. The Kier molecular flexibility index (Phi) is 15.7. The van der Waals surface area contributed by atoms with Gasteiger partial charge in [-0.1, -0.05) is 25.2 Å². The minimum atomic E-state index is -0.705. The van der Waals surface area contributed by atoms with Crippen LogP contribution < -0.4 is 10.3 Å². The molecule has 2 rings (SSSR count). The first-order chi connectivity index (χ1) is 15.3. The maximum absolute atomic E-state index is 13.6. The molecule has 8 heteroatoms. The SMILES string of the molecule is C/C=C\CC.CO.Cc1cc(OCc2ccc(F)cc2F)c(Br)c(=O)n1CC/C=C/C=O. The molecule has 0 bridgehead atoms. The Morgan fingerprint density at radius 3 is 2.41 bits per heavy atom. The van der Waals surface area contributed by atoms with Gasteiger partial charge < -0.3 is 14.4 Å². The molecule has 0 radical (unpaired) electrons. The summed E-state index contributed by atoms with van der Waals surface area (Å²) in [5, 5.41) is 7.00. The summed E-state index contributed by atoms with van der Waals surface area (Å²) in [5.41, 5.74) is 0.575. The van der Waals surface area contributed by atoms with E-state index in [1.807, 2.05) is 6.92 Å². The van der Waals surface area contributed by atoms with Gasteiger partial charge in [0.05, 0.1) is 0 Å². The fourth-order valence-electron chi connectivity index (χ4n) is 2.48. The maximum Gasteiger partial charge on any atom is 0.268 e. The van der Waals surface area contributed by atoms with Gasteiger partial charge in [0.1, 0.15) is 34.7 Å². The van der Waals surface area contributed by atoms with Gasteiger partial charge in [-0.3, -0.25) is 9.59 Å². The molecule has 0 aliphatic rings. The Bertz CT molecular complexity index is 956. The van der Waals surface area contributed by atoms with Gasteiger partial charge in [0.15, 0.2) is 0 Å². The average molecular weight is 514 g/mol. The molecule has 0 aliphatic heterocycles. The number of benzene rings is 1. The third-order valence-electron chi connectivity index (χ3n) is 4.02. The van der Waals surface area contributed by atoms with Crippen LogP contribution >= 0.6 is 15.9 Å². The van der Waals surface area contributed by atoms with E-state index in [0.717, 1.165) is 25.7 Å². The number of hydrogen-bond acceptors (Lipinski definition) is 4. The van der Waals surface area contributed by atoms with Gasteiger partial charge in [-0.25, -0.2) is 8.78 Å². The van der Waals surface area contributed by atoms with E-state index >= 15 is 0 Å². The molecule has 0 saturated carbocycles. The summed E-state index contributed by atoms with van der Waals surface area (Å²) in [7, 11) is 1.00. The first-order valence-electron chi connectivity index (χ1n) is 9.98. The first-order valence-corrected chi connectivity index (χ1v) is 10.8. The summed E-state index contributed by atoms with van der Waals surface area (Å²) in [6.45, 7) is 6.20. The normalized spacial score (nSPS) is 10.4. The van der Waals surface area contributed by atoms with Gasteiger partial charge >= 0.3 is 0 Å². The Balaban J connectivity index is 0.00000121. The van der Waals surface area contributed by atoms with Crippen LogP contribution in [0.3, 0.4) is 0 Å². The standard InChI is InChI=1S/C18H16BrF2NO3.C5H10.CH4O/c1-12-9-16(25-11-13-5-6-14(20)10-15(13)21)17(19)18(24)22(12)7-3-2-4-8-23;1-3-5-4-2;1-2/h2,4-6,8-10H,3,7,11H2,1H3;3,5H,4H2,1-2H3;2H,1H3/b4-2+;5-3-;. The summed E-state index contributed by atoms with van der Waals surface area (Å²) in [4.78, 5) is 22.7. The summed E-state index contributed by atoms with van der Waals surface area (Å²) in [5.74, 6) is -1.08. The zero-order chi connectivity index (χ0) is 24.5. The summed E-state index contributed by atoms with van der Waals surface area (Å²) < 4.78 is 33.9. The number of rotatable bonds is 8. The number of aldehydes is 1. The van der Waals surface area contributed by atoms with Crippen molar-refractivity contribution in [2.24, 2.45) is 0 Å². The highest BCUT2D eigenvalue weighted by atomic mass is 79.9. The summed E-state index contributed by atoms with van der Waals surface area (Å²) >= 11 is 3.21. The van der Waals surface area contributed by atoms with Crippen molar-refractivity contribution in [3.05, 3.63) is 86.3 Å². The number of aliphatic hydroxyl groups excluding tert-OH is 1. The number of hydrogen-bond donors (Lipinski definition) is 1. The number of allylic oxidation sites excluding steroid dienone is 4. The van der Waals surface area contributed by atoms with Crippen LogP contribution in [0, 0.1) is 18.6 Å². The molecule has 1 N–H and O–H groups in total. The largest absolute Gasteiger partial charge is 0.487 e. The molecule has 176 valence electrons. The Morgan fingerprint density at radius 1 is 1.19 bits per heavy atom. The van der Waals surface area contributed by atoms with Gasteiger partial charge in [0.2, 0.25) is 0 Å². The quantitative estimate of drug-likeness (QED) is 0.287. The second kappa shape index (κ2) is 17.0. The Morgan fingerprint density at radius 2 is 1.88 bits per heavy atom. The second-order valence-corrected chi connectivity index (χ2v) is 7.07. The number of ether oxygens (including phenoxy) is 1. The van der Waals surface area contributed by atoms with Crippen molar-refractivity contribution in [2.75, 3.05) is 7.11 Å². The monoisotopic (exact) mass is 513 g/mol. The van der Waals surface area contributed by atoms with Crippen molar-refractivity contribution in [1.82, 2.24) is 4.57 Å². The smallest absolute Gasteiger partial charge is 0.268 e. The van der Waals surface area contributed by atoms with Gasteiger partial charge in [-0.05, 0) is 60.8 Å². The van der Waals surface area contributed by atoms with E-state index in [-0.39, 0.29) is 28.0 Å². The lowest BCUT2D eigenvalue weighted by Gasteiger charge is -2.14. The molecule has 0 fully saturated rings. The molecule has 0 atom stereocenters. The predicted octanol–water partition coefficient (Wildman–Crippen LogP) is 5.50. The fourth-order valence-corrected chi connectivity index (χ4v) is 2.93. The molecule has 5 nitrogen and oxygen atoms in total. The van der Waals surface area contributed by atoms with Crippen LogP contribution in [0.15, 0.2) is 57.8 Å². The van der Waals surface area contributed by atoms with E-state index in [0.29, 0.717) is 24.9 Å². The molecule has 0 unspecified atom stereocenters. The molecular weight excluding hydrogens is 484 g/mol. The number of aromatic nitrogens is 1. The zero-order valence-electron chi connectivity index (χ0n) is 18.8. The van der Waals surface area contributed by atoms with Crippen molar-refractivity contribution in [3.8, 4) is 5.75 Å². The Labute approximate surface area is 196 Å². The predicted molar refractivity (Wildman–Crippen MR) is 127 cm³/mol. The number of aliphatic hydroxyl groups is 1. The molecule has 1 aromatic carbocycles. The van der Waals surface area contributed by atoms with Gasteiger partial charge in [0, 0.05) is 37.0 Å². The number of carbonyl (C=O) groups is 1. The van der Waals surface area contributed by atoms with Crippen LogP contribution in [0.1, 0.15) is 37.9 Å². The third kappa shape index (κ3) is 10.2. The molecular formula is C24H30BrF2NO4. The topological polar surface area (TPSA) is 68.5 Å². The third-order valence-corrected chi connectivity index (χ3v) is 4.75. The second-order valence-electron chi connectivity index (χ2n) is 6.28. The molecule has 2 aromatic rings. The minimum absolute atomic E-state index is 0.129. The number of carbonyl (C=O) groups excluding carboxylic acids is 1. The highest BCUT2D eigenvalue weighted by molar-refractivity contribution is 9.10. The van der Waals surface area contributed by atoms with Crippen molar-refractivity contribution < 1.29 is 23.4 Å². The first kappa shape index (κ1) is 29.4. The molecule has 32 heavy (non-hydrogen) atoms. The van der Waals surface area contributed by atoms with E-state index in [1.54, 1.807) is 23.6 Å². The van der Waals surface area contributed by atoms with Crippen molar-refractivity contribution in [2.45, 2.75) is 46.8 Å². The van der Waals surface area contributed by atoms with Crippen LogP contribution in [0.2, 0.25) is 0 Å². The van der Waals surface area contributed by atoms with Crippen LogP contribution in [-0.2, 0) is 17.9 Å². The fraction of sp³-hybridized carbons (Fsp3) is 0.333. The number of nitrogens with zero attached hydrogens (tertiary/aromatic N) is 1. The van der Waals surface area contributed by atoms with E-state index in [1.165, 1.54) is 12.1 Å². The average Bonchev–Trinajstić information content (AvgIpc) is 2.78. The zero-order valence-corrected chi connectivity index (χ0v) is 20.4. The molecule has 1 heterocycles. The Hall–Kier alpha value is -2.58. The van der Waals surface area contributed by atoms with E-state index in [9.17, 15) is 18.4 Å². The molecule has 1 aromatic heterocycles. The van der Waals surface area contributed by atoms with E-state index < -0.39 is 11.6 Å². The van der Waals surface area contributed by atoms with E-state index in [4.69, 9.17) is 9.84 Å². The summed E-state index contributed by atoms with van der Waals surface area (Å²) in [6, 6.07) is 4.89. The van der Waals surface area contributed by atoms with Gasteiger partial charge in [-0.15, -0.1) is 0 Å². The van der Waals surface area contributed by atoms with Crippen molar-refractivity contribution in [3.63, 3.8) is 0 Å². The minimum Gasteiger partial charge on any atom is -0.487 e. The number of pyridine rings is 1. The lowest BCUT2D eigenvalue weighted by atomic mass is 10.2. The van der Waals surface area contributed by atoms with Gasteiger partial charge in [0.25, 0.3) is 5.56 Å². The molecule has 0 saturated heterocycles. The highest BCUT2D eigenvalue weighted by Gasteiger charge is 2.13. The highest BCUT2D eigenvalue weighted by Crippen LogP contribution is 2.24. The van der Waals surface area contributed by atoms with Crippen LogP contribution in [0.5, 0.6) is 5.75 Å². The van der Waals surface area contributed by atoms with Crippen molar-refractivity contribution in [1.29, 1.82) is 0 Å². The van der Waals surface area contributed by atoms with E-state index in [2.05, 4.69) is 35.0 Å². The molecule has 0 spiro atoms. The number of halogens is 3. The van der Waals surface area contributed by atoms with Gasteiger partial charge in [-0.2, -0.15) is 0 Å². The van der Waals surface area contributed by atoms with Crippen LogP contribution in [-0.4, -0.2) is 23.1 Å². The van der Waals surface area contributed by atoms with Crippen LogP contribution in [0.4, 0.5) is 8.78 Å². The lowest BCUT2D eigenvalue weighted by molar-refractivity contribution is -0.104. The lowest BCUT2D eigenvalue weighted by Crippen LogP contribution is -2.23. The molecule has 0 aliphatic carbocycles. The van der Waals surface area contributed by atoms with Crippen LogP contribution in [0.25, 0.3) is 0 Å². The maximum atomic E-state index is 13.6. The van der Waals surface area contributed by atoms with Crippen molar-refractivity contribution >= 4 is 22.2 Å².